The smallest absolute Gasteiger partial charge is 0.123 e. The maximum Gasteiger partial charge on any atom is 0.123 e. The highest BCUT2D eigenvalue weighted by Gasteiger charge is 2.32. The summed E-state index contributed by atoms with van der Waals surface area (Å²) in [5, 5.41) is 3.34. The Morgan fingerprint density at radius 2 is 1.79 bits per heavy atom. The zero-order valence-corrected chi connectivity index (χ0v) is 12.8. The van der Waals surface area contributed by atoms with Crippen molar-refractivity contribution in [2.75, 3.05) is 7.05 Å². The van der Waals surface area contributed by atoms with E-state index in [1.807, 2.05) is 31.3 Å². The predicted molar refractivity (Wildman–Crippen MR) is 80.6 cm³/mol. The van der Waals surface area contributed by atoms with Gasteiger partial charge in [-0.05, 0) is 36.9 Å². The third-order valence-corrected chi connectivity index (χ3v) is 4.77. The van der Waals surface area contributed by atoms with Gasteiger partial charge in [-0.1, -0.05) is 37.6 Å². The molecule has 1 N–H and O–H groups in total. The molecule has 0 aliphatic carbocycles. The van der Waals surface area contributed by atoms with Crippen LogP contribution in [0.2, 0.25) is 4.34 Å². The number of benzene rings is 1. The molecule has 19 heavy (non-hydrogen) atoms. The monoisotopic (exact) mass is 297 g/mol. The van der Waals surface area contributed by atoms with Gasteiger partial charge in [0, 0.05) is 10.3 Å². The Labute approximate surface area is 122 Å². The van der Waals surface area contributed by atoms with Crippen molar-refractivity contribution in [2.45, 2.75) is 25.3 Å². The van der Waals surface area contributed by atoms with Gasteiger partial charge in [0.25, 0.3) is 0 Å². The summed E-state index contributed by atoms with van der Waals surface area (Å²) < 4.78 is 13.8. The minimum absolute atomic E-state index is 0.135. The molecule has 0 fully saturated rings. The van der Waals surface area contributed by atoms with Crippen LogP contribution in [-0.4, -0.2) is 7.05 Å². The molecule has 0 spiro atoms. The summed E-state index contributed by atoms with van der Waals surface area (Å²) in [6, 6.07) is 10.8. The van der Waals surface area contributed by atoms with Gasteiger partial charge in [0.2, 0.25) is 0 Å². The normalized spacial score (nSPS) is 13.5. The molecule has 0 bridgehead atoms. The van der Waals surface area contributed by atoms with Gasteiger partial charge in [-0.15, -0.1) is 11.3 Å². The van der Waals surface area contributed by atoms with Crippen molar-refractivity contribution in [3.05, 3.63) is 57.0 Å². The van der Waals surface area contributed by atoms with E-state index in [9.17, 15) is 4.39 Å². The molecule has 1 unspecified atom stereocenters. The number of likely N-dealkylation sites (N-methyl/N-ethyl adjacent to an activating group) is 1. The third kappa shape index (κ3) is 2.99. The van der Waals surface area contributed by atoms with Gasteiger partial charge in [0.1, 0.15) is 5.82 Å². The molecule has 2 rings (SSSR count). The molecule has 0 saturated heterocycles. The van der Waals surface area contributed by atoms with Gasteiger partial charge < -0.3 is 5.32 Å². The van der Waals surface area contributed by atoms with Crippen LogP contribution in [0.25, 0.3) is 0 Å². The fourth-order valence-electron chi connectivity index (χ4n) is 2.39. The Kier molecular flexibility index (Phi) is 4.29. The molecule has 1 nitrogen and oxygen atoms in total. The molecular formula is C15H17ClFNS. The average molecular weight is 298 g/mol. The molecule has 0 amide bonds. The minimum atomic E-state index is -0.209. The van der Waals surface area contributed by atoms with Gasteiger partial charge in [-0.25, -0.2) is 4.39 Å². The van der Waals surface area contributed by atoms with E-state index >= 15 is 0 Å². The Hall–Kier alpha value is -0.900. The number of rotatable bonds is 4. The Bertz CT molecular complexity index is 548. The quantitative estimate of drug-likeness (QED) is 0.856. The standard InChI is InChI=1S/C15H17ClFNS/c1-15(2,10-4-6-11(17)7-5-10)14(18-3)12-8-9-13(16)19-12/h4-9,14,18H,1-3H3. The van der Waals surface area contributed by atoms with Crippen molar-refractivity contribution in [3.63, 3.8) is 0 Å². The zero-order valence-electron chi connectivity index (χ0n) is 11.2. The summed E-state index contributed by atoms with van der Waals surface area (Å²) in [6.45, 7) is 4.30. The molecule has 1 aromatic carbocycles. The van der Waals surface area contributed by atoms with E-state index in [0.717, 1.165) is 9.90 Å². The van der Waals surface area contributed by atoms with E-state index in [1.165, 1.54) is 17.0 Å². The van der Waals surface area contributed by atoms with Crippen molar-refractivity contribution in [1.29, 1.82) is 0 Å². The van der Waals surface area contributed by atoms with E-state index in [4.69, 9.17) is 11.6 Å². The fourth-order valence-corrected chi connectivity index (χ4v) is 3.75. The molecule has 0 saturated carbocycles. The van der Waals surface area contributed by atoms with Gasteiger partial charge in [-0.3, -0.25) is 0 Å². The highest BCUT2D eigenvalue weighted by Crippen LogP contribution is 2.40. The van der Waals surface area contributed by atoms with Crippen LogP contribution in [0.5, 0.6) is 0 Å². The topological polar surface area (TPSA) is 12.0 Å². The summed E-state index contributed by atoms with van der Waals surface area (Å²) in [7, 11) is 1.93. The predicted octanol–water partition coefficient (Wildman–Crippen LogP) is 4.78. The highest BCUT2D eigenvalue weighted by atomic mass is 35.5. The number of nitrogens with one attached hydrogen (secondary N) is 1. The van der Waals surface area contributed by atoms with Gasteiger partial charge >= 0.3 is 0 Å². The van der Waals surface area contributed by atoms with Crippen LogP contribution in [0.3, 0.4) is 0 Å². The van der Waals surface area contributed by atoms with E-state index in [-0.39, 0.29) is 17.3 Å². The maximum atomic E-state index is 13.1. The first-order chi connectivity index (χ1) is 8.95. The molecule has 0 radical (unpaired) electrons. The molecule has 1 atom stereocenters. The van der Waals surface area contributed by atoms with Crippen LogP contribution in [0, 0.1) is 5.82 Å². The van der Waals surface area contributed by atoms with E-state index < -0.39 is 0 Å². The van der Waals surface area contributed by atoms with Crippen molar-refractivity contribution >= 4 is 22.9 Å². The van der Waals surface area contributed by atoms with Crippen LogP contribution in [-0.2, 0) is 5.41 Å². The van der Waals surface area contributed by atoms with E-state index in [1.54, 1.807) is 11.3 Å². The summed E-state index contributed by atoms with van der Waals surface area (Å²) >= 11 is 7.59. The summed E-state index contributed by atoms with van der Waals surface area (Å²) in [5.41, 5.74) is 0.939. The lowest BCUT2D eigenvalue weighted by Crippen LogP contribution is -2.35. The third-order valence-electron chi connectivity index (χ3n) is 3.48. The first kappa shape index (κ1) is 14.5. The SMILES string of the molecule is CNC(c1ccc(Cl)s1)C(C)(C)c1ccc(F)cc1. The highest BCUT2D eigenvalue weighted by molar-refractivity contribution is 7.16. The first-order valence-electron chi connectivity index (χ1n) is 6.13. The molecule has 0 aliphatic rings. The Morgan fingerprint density at radius 1 is 1.16 bits per heavy atom. The minimum Gasteiger partial charge on any atom is -0.312 e. The van der Waals surface area contributed by atoms with Crippen LogP contribution < -0.4 is 5.32 Å². The second-order valence-corrected chi connectivity index (χ2v) is 6.84. The lowest BCUT2D eigenvalue weighted by molar-refractivity contribution is 0.373. The summed E-state index contributed by atoms with van der Waals surface area (Å²) in [5.74, 6) is -0.209. The Balaban J connectivity index is 2.38. The fraction of sp³-hybridized carbons (Fsp3) is 0.333. The van der Waals surface area contributed by atoms with Crippen LogP contribution in [0.4, 0.5) is 4.39 Å². The number of hydrogen-bond acceptors (Lipinski definition) is 2. The molecule has 1 aromatic heterocycles. The average Bonchev–Trinajstić information content (AvgIpc) is 2.77. The van der Waals surface area contributed by atoms with E-state index in [0.29, 0.717) is 0 Å². The molecule has 1 heterocycles. The van der Waals surface area contributed by atoms with Crippen LogP contribution in [0.1, 0.15) is 30.3 Å². The molecular weight excluding hydrogens is 281 g/mol. The lowest BCUT2D eigenvalue weighted by Gasteiger charge is -2.34. The zero-order chi connectivity index (χ0) is 14.0. The number of hydrogen-bond donors (Lipinski definition) is 1. The lowest BCUT2D eigenvalue weighted by atomic mass is 9.77. The second kappa shape index (κ2) is 5.61. The summed E-state index contributed by atoms with van der Waals surface area (Å²) in [6.07, 6.45) is 0. The number of thiophene rings is 1. The maximum absolute atomic E-state index is 13.1. The molecule has 0 aliphatic heterocycles. The van der Waals surface area contributed by atoms with Crippen LogP contribution >= 0.6 is 22.9 Å². The molecule has 4 heteroatoms. The molecule has 2 aromatic rings. The molecule has 102 valence electrons. The van der Waals surface area contributed by atoms with Gasteiger partial charge in [0.15, 0.2) is 0 Å². The van der Waals surface area contributed by atoms with Crippen molar-refractivity contribution < 1.29 is 4.39 Å². The van der Waals surface area contributed by atoms with Crippen LogP contribution in [0.15, 0.2) is 36.4 Å². The Morgan fingerprint density at radius 3 is 2.26 bits per heavy atom. The van der Waals surface area contributed by atoms with E-state index in [2.05, 4.69) is 19.2 Å². The second-order valence-electron chi connectivity index (χ2n) is 5.09. The van der Waals surface area contributed by atoms with Gasteiger partial charge in [-0.2, -0.15) is 0 Å². The first-order valence-corrected chi connectivity index (χ1v) is 7.33. The van der Waals surface area contributed by atoms with Crippen molar-refractivity contribution in [1.82, 2.24) is 5.32 Å². The van der Waals surface area contributed by atoms with Crippen molar-refractivity contribution in [3.8, 4) is 0 Å². The summed E-state index contributed by atoms with van der Waals surface area (Å²) in [4.78, 5) is 1.18. The number of halogens is 2. The van der Waals surface area contributed by atoms with Crippen molar-refractivity contribution in [2.24, 2.45) is 0 Å². The largest absolute Gasteiger partial charge is 0.312 e. The van der Waals surface area contributed by atoms with Gasteiger partial charge in [0.05, 0.1) is 10.4 Å².